The average molecular weight is 192 g/mol. The predicted octanol–water partition coefficient (Wildman–Crippen LogP) is -0.751. The quantitative estimate of drug-likeness (QED) is 0.435. The van der Waals surface area contributed by atoms with Crippen LogP contribution in [0.3, 0.4) is 0 Å². The molecule has 0 amide bonds. The Kier molecular flexibility index (Phi) is 8.29. The first-order valence-electron chi connectivity index (χ1n) is 2.66. The smallest absolute Gasteiger partial charge is 0.790 e. The summed E-state index contributed by atoms with van der Waals surface area (Å²) >= 11 is 0. The molecule has 0 aromatic rings. The molecule has 0 N–H and O–H groups in total. The summed E-state index contributed by atoms with van der Waals surface area (Å²) in [4.78, 5) is 19.7. The molecular weight excluding hydrogens is 183 g/mol. The fraction of sp³-hybridized carbons (Fsp3) is 1.00. The van der Waals surface area contributed by atoms with Crippen molar-refractivity contribution in [1.29, 1.82) is 0 Å². The Labute approximate surface area is 90.2 Å². The Morgan fingerprint density at radius 3 is 2.10 bits per heavy atom. The molecule has 0 bridgehead atoms. The van der Waals surface area contributed by atoms with E-state index in [4.69, 9.17) is 0 Å². The van der Waals surface area contributed by atoms with E-state index in [9.17, 15) is 14.4 Å². The molecule has 0 spiro atoms. The van der Waals surface area contributed by atoms with Crippen molar-refractivity contribution in [2.75, 3.05) is 0 Å². The van der Waals surface area contributed by atoms with E-state index in [1.807, 2.05) is 0 Å². The first-order valence-corrected chi connectivity index (χ1v) is 4.12. The van der Waals surface area contributed by atoms with Crippen LogP contribution < -0.4 is 9.79 Å². The minimum Gasteiger partial charge on any atom is -0.790 e. The summed E-state index contributed by atoms with van der Waals surface area (Å²) in [6, 6.07) is 0. The van der Waals surface area contributed by atoms with Crippen LogP contribution in [0.2, 0.25) is 0 Å². The third kappa shape index (κ3) is 9.37. The Balaban J connectivity index is 0. The van der Waals surface area contributed by atoms with Crippen LogP contribution in [0.5, 0.6) is 0 Å². The molecule has 0 aromatic heterocycles. The second-order valence-corrected chi connectivity index (χ2v) is 2.88. The third-order valence-electron chi connectivity index (χ3n) is 0.884. The molecule has 0 fully saturated rings. The second-order valence-electron chi connectivity index (χ2n) is 1.77. The predicted molar refractivity (Wildman–Crippen MR) is 34.2 cm³/mol. The molecule has 10 heavy (non-hydrogen) atoms. The number of phosphoric acid groups is 1. The zero-order valence-electron chi connectivity index (χ0n) is 6.07. The number of hydrogen-bond acceptors (Lipinski definition) is 4. The summed E-state index contributed by atoms with van der Waals surface area (Å²) in [7, 11) is -4.74. The van der Waals surface area contributed by atoms with Gasteiger partial charge in [-0.25, -0.2) is 0 Å². The van der Waals surface area contributed by atoms with E-state index in [0.29, 0.717) is 6.42 Å². The van der Waals surface area contributed by atoms with Crippen LogP contribution in [0.4, 0.5) is 0 Å². The molecule has 0 saturated heterocycles. The van der Waals surface area contributed by atoms with Crippen LogP contribution in [0, 0.1) is 0 Å². The Bertz CT molecular complexity index is 122. The molecular formula is C4H9CaO4P. The van der Waals surface area contributed by atoms with Gasteiger partial charge in [0.25, 0.3) is 0 Å². The molecule has 1 atom stereocenters. The van der Waals surface area contributed by atoms with Crippen molar-refractivity contribution in [2.45, 2.75) is 26.4 Å². The van der Waals surface area contributed by atoms with E-state index in [1.165, 1.54) is 6.92 Å². The van der Waals surface area contributed by atoms with E-state index in [-0.39, 0.29) is 37.7 Å². The molecule has 0 aromatic carbocycles. The van der Waals surface area contributed by atoms with E-state index in [1.54, 1.807) is 6.92 Å². The maximum atomic E-state index is 9.85. The van der Waals surface area contributed by atoms with Gasteiger partial charge < -0.3 is 18.9 Å². The molecule has 1 unspecified atom stereocenters. The maximum Gasteiger partial charge on any atom is 2.00 e. The van der Waals surface area contributed by atoms with Gasteiger partial charge in [0.2, 0.25) is 0 Å². The van der Waals surface area contributed by atoms with E-state index >= 15 is 0 Å². The fourth-order valence-electron chi connectivity index (χ4n) is 0.295. The molecule has 0 saturated carbocycles. The zero-order valence-corrected chi connectivity index (χ0v) is 9.17. The zero-order chi connectivity index (χ0) is 7.49. The van der Waals surface area contributed by atoms with Crippen LogP contribution in [-0.2, 0) is 9.09 Å². The summed E-state index contributed by atoms with van der Waals surface area (Å²) in [6.07, 6.45) is 0.0277. The molecule has 0 rings (SSSR count). The van der Waals surface area contributed by atoms with Gasteiger partial charge in [0.1, 0.15) is 0 Å². The summed E-state index contributed by atoms with van der Waals surface area (Å²) in [5, 5.41) is 0. The monoisotopic (exact) mass is 192 g/mol. The van der Waals surface area contributed by atoms with Gasteiger partial charge in [-0.3, -0.25) is 0 Å². The van der Waals surface area contributed by atoms with Gasteiger partial charge in [-0.1, -0.05) is 6.92 Å². The summed E-state index contributed by atoms with van der Waals surface area (Å²) in [5.41, 5.74) is 0. The van der Waals surface area contributed by atoms with E-state index in [2.05, 4.69) is 4.52 Å². The topological polar surface area (TPSA) is 72.4 Å². The molecule has 0 aliphatic heterocycles. The molecule has 56 valence electrons. The van der Waals surface area contributed by atoms with Crippen molar-refractivity contribution < 1.29 is 18.9 Å². The van der Waals surface area contributed by atoms with Crippen LogP contribution >= 0.6 is 7.82 Å². The molecule has 0 heterocycles. The van der Waals surface area contributed by atoms with Crippen molar-refractivity contribution in [3.63, 3.8) is 0 Å². The Morgan fingerprint density at radius 1 is 1.60 bits per heavy atom. The van der Waals surface area contributed by atoms with Crippen molar-refractivity contribution in [1.82, 2.24) is 0 Å². The Hall–Kier alpha value is 1.37. The van der Waals surface area contributed by atoms with Crippen molar-refractivity contribution in [3.05, 3.63) is 0 Å². The summed E-state index contributed by atoms with van der Waals surface area (Å²) < 4.78 is 13.9. The molecule has 0 aliphatic rings. The Morgan fingerprint density at radius 2 is 2.00 bits per heavy atom. The third-order valence-corrected chi connectivity index (χ3v) is 1.50. The van der Waals surface area contributed by atoms with E-state index in [0.717, 1.165) is 0 Å². The van der Waals surface area contributed by atoms with Crippen LogP contribution in [0.25, 0.3) is 0 Å². The van der Waals surface area contributed by atoms with Gasteiger partial charge in [0.05, 0.1) is 13.9 Å². The summed E-state index contributed by atoms with van der Waals surface area (Å²) in [6.45, 7) is 3.27. The van der Waals surface area contributed by atoms with Crippen molar-refractivity contribution in [3.8, 4) is 0 Å². The van der Waals surface area contributed by atoms with E-state index < -0.39 is 13.9 Å². The molecule has 0 radical (unpaired) electrons. The molecule has 6 heteroatoms. The van der Waals surface area contributed by atoms with Crippen LogP contribution in [-0.4, -0.2) is 43.8 Å². The number of rotatable bonds is 3. The van der Waals surface area contributed by atoms with Crippen molar-refractivity contribution in [2.24, 2.45) is 0 Å². The van der Waals surface area contributed by atoms with Gasteiger partial charge in [0, 0.05) is 0 Å². The first kappa shape index (κ1) is 13.9. The van der Waals surface area contributed by atoms with Gasteiger partial charge in [-0.05, 0) is 13.3 Å². The standard InChI is InChI=1S/C4H11O4P.Ca/c1-3-4(2)8-9(5,6)7;/h4H,3H2,1-2H3,(H2,5,6,7);/q;+2/p-2. The van der Waals surface area contributed by atoms with Crippen LogP contribution in [0.15, 0.2) is 0 Å². The number of hydrogen-bond donors (Lipinski definition) is 0. The van der Waals surface area contributed by atoms with Gasteiger partial charge in [-0.15, -0.1) is 0 Å². The van der Waals surface area contributed by atoms with Crippen molar-refractivity contribution >= 4 is 45.6 Å². The molecule has 0 aliphatic carbocycles. The first-order chi connectivity index (χ1) is 3.95. The van der Waals surface area contributed by atoms with Gasteiger partial charge in [-0.2, -0.15) is 0 Å². The largest absolute Gasteiger partial charge is 2.00 e. The van der Waals surface area contributed by atoms with Gasteiger partial charge >= 0.3 is 37.7 Å². The minimum absolute atomic E-state index is 0. The average Bonchev–Trinajstić information content (AvgIpc) is 1.62. The maximum absolute atomic E-state index is 9.85. The normalized spacial score (nSPS) is 14.0. The second kappa shape index (κ2) is 5.95. The fourth-order valence-corrected chi connectivity index (χ4v) is 0.885. The van der Waals surface area contributed by atoms with Crippen LogP contribution in [0.1, 0.15) is 20.3 Å². The van der Waals surface area contributed by atoms with Gasteiger partial charge in [0.15, 0.2) is 0 Å². The summed E-state index contributed by atoms with van der Waals surface area (Å²) in [5.74, 6) is 0. The molecule has 4 nitrogen and oxygen atoms in total. The minimum atomic E-state index is -4.74. The number of phosphoric ester groups is 1. The SMILES string of the molecule is CCC(C)OP(=O)([O-])[O-].[Ca+2].